The van der Waals surface area contributed by atoms with E-state index >= 15 is 0 Å². The molecule has 1 saturated heterocycles. The summed E-state index contributed by atoms with van der Waals surface area (Å²) in [4.78, 5) is 25.8. The highest BCUT2D eigenvalue weighted by Gasteiger charge is 2.33. The number of likely N-dealkylation sites (tertiary alicyclic amines) is 1. The number of carbonyl (C=O) groups excluding carboxylic acids is 1. The molecule has 2 aliphatic rings. The molecule has 0 bridgehead atoms. The molecule has 1 aromatic carbocycles. The van der Waals surface area contributed by atoms with Gasteiger partial charge in [0.1, 0.15) is 0 Å². The summed E-state index contributed by atoms with van der Waals surface area (Å²) in [5.41, 5.74) is 0.424. The van der Waals surface area contributed by atoms with Crippen LogP contribution in [-0.2, 0) is 0 Å². The van der Waals surface area contributed by atoms with Crippen LogP contribution in [-0.4, -0.2) is 35.0 Å². The maximum absolute atomic E-state index is 12.7. The van der Waals surface area contributed by atoms with Crippen molar-refractivity contribution in [2.75, 3.05) is 13.1 Å². The van der Waals surface area contributed by atoms with E-state index in [1.807, 2.05) is 4.90 Å². The second kappa shape index (κ2) is 5.88. The first-order chi connectivity index (χ1) is 10.2. The van der Waals surface area contributed by atoms with Crippen LogP contribution in [0.1, 0.15) is 52.8 Å². The van der Waals surface area contributed by atoms with E-state index < -0.39 is 5.97 Å². The van der Waals surface area contributed by atoms with Gasteiger partial charge in [0.05, 0.1) is 11.1 Å². The summed E-state index contributed by atoms with van der Waals surface area (Å²) in [5.74, 6) is 0.203. The van der Waals surface area contributed by atoms with Crippen molar-refractivity contribution in [3.63, 3.8) is 0 Å². The van der Waals surface area contributed by atoms with Crippen LogP contribution in [0.4, 0.5) is 0 Å². The predicted molar refractivity (Wildman–Crippen MR) is 79.4 cm³/mol. The third-order valence-electron chi connectivity index (χ3n) is 4.97. The zero-order valence-electron chi connectivity index (χ0n) is 12.1. The number of hydrogen-bond acceptors (Lipinski definition) is 2. The van der Waals surface area contributed by atoms with Crippen LogP contribution in [0.2, 0.25) is 0 Å². The average molecular weight is 287 g/mol. The second-order valence-corrected chi connectivity index (χ2v) is 6.20. The number of carbonyl (C=O) groups is 2. The number of aromatic carboxylic acids is 1. The first kappa shape index (κ1) is 14.1. The lowest BCUT2D eigenvalue weighted by atomic mass is 9.75. The number of carboxylic acids is 1. The SMILES string of the molecule is O=C(O)c1ccccc1C(=O)N1CC[C@H]2CCCC[C@H]2C1. The number of piperidine rings is 1. The van der Waals surface area contributed by atoms with Gasteiger partial charge in [0.25, 0.3) is 5.91 Å². The largest absolute Gasteiger partial charge is 0.478 e. The van der Waals surface area contributed by atoms with E-state index in [0.29, 0.717) is 11.5 Å². The Bertz CT molecular complexity index is 555. The number of benzene rings is 1. The Morgan fingerprint density at radius 1 is 1.00 bits per heavy atom. The molecule has 1 saturated carbocycles. The Kier molecular flexibility index (Phi) is 3.95. The lowest BCUT2D eigenvalue weighted by Crippen LogP contribution is -2.45. The van der Waals surface area contributed by atoms with Gasteiger partial charge in [0.15, 0.2) is 0 Å². The van der Waals surface area contributed by atoms with Crippen molar-refractivity contribution >= 4 is 11.9 Å². The smallest absolute Gasteiger partial charge is 0.336 e. The highest BCUT2D eigenvalue weighted by molar-refractivity contribution is 6.04. The first-order valence-corrected chi connectivity index (χ1v) is 7.78. The summed E-state index contributed by atoms with van der Waals surface area (Å²) in [6.07, 6.45) is 6.13. The van der Waals surface area contributed by atoms with E-state index in [2.05, 4.69) is 0 Å². The maximum atomic E-state index is 12.7. The van der Waals surface area contributed by atoms with E-state index in [4.69, 9.17) is 0 Å². The molecule has 0 spiro atoms. The topological polar surface area (TPSA) is 57.6 Å². The van der Waals surface area contributed by atoms with Crippen LogP contribution in [0, 0.1) is 11.8 Å². The lowest BCUT2D eigenvalue weighted by Gasteiger charge is -2.41. The Morgan fingerprint density at radius 3 is 2.38 bits per heavy atom. The van der Waals surface area contributed by atoms with Crippen molar-refractivity contribution in [3.05, 3.63) is 35.4 Å². The molecule has 21 heavy (non-hydrogen) atoms. The fourth-order valence-electron chi connectivity index (χ4n) is 3.81. The van der Waals surface area contributed by atoms with Gasteiger partial charge >= 0.3 is 5.97 Å². The van der Waals surface area contributed by atoms with Crippen LogP contribution < -0.4 is 0 Å². The van der Waals surface area contributed by atoms with E-state index in [1.165, 1.54) is 31.7 Å². The fourth-order valence-corrected chi connectivity index (χ4v) is 3.81. The number of nitrogens with zero attached hydrogens (tertiary/aromatic N) is 1. The molecule has 4 heteroatoms. The van der Waals surface area contributed by atoms with Crippen molar-refractivity contribution in [2.45, 2.75) is 32.1 Å². The number of fused-ring (bicyclic) bond motifs is 1. The molecule has 1 aromatic rings. The molecule has 112 valence electrons. The van der Waals surface area contributed by atoms with Gasteiger partial charge in [-0.05, 0) is 36.8 Å². The molecule has 0 radical (unpaired) electrons. The number of carboxylic acid groups (broad SMARTS) is 1. The van der Waals surface area contributed by atoms with E-state index in [-0.39, 0.29) is 11.5 Å². The fraction of sp³-hybridized carbons (Fsp3) is 0.529. The molecular formula is C17H21NO3. The summed E-state index contributed by atoms with van der Waals surface area (Å²) in [7, 11) is 0. The number of hydrogen-bond donors (Lipinski definition) is 1. The lowest BCUT2D eigenvalue weighted by molar-refractivity contribution is 0.0512. The molecule has 1 amide bonds. The predicted octanol–water partition coefficient (Wildman–Crippen LogP) is 3.04. The molecule has 2 atom stereocenters. The zero-order chi connectivity index (χ0) is 14.8. The molecule has 0 aromatic heterocycles. The van der Waals surface area contributed by atoms with Gasteiger partial charge in [-0.2, -0.15) is 0 Å². The quantitative estimate of drug-likeness (QED) is 0.909. The third kappa shape index (κ3) is 2.80. The van der Waals surface area contributed by atoms with Crippen LogP contribution in [0.3, 0.4) is 0 Å². The monoisotopic (exact) mass is 287 g/mol. The van der Waals surface area contributed by atoms with Crippen LogP contribution in [0.15, 0.2) is 24.3 Å². The highest BCUT2D eigenvalue weighted by atomic mass is 16.4. The minimum absolute atomic E-state index is 0.105. The normalized spacial score (nSPS) is 25.2. The van der Waals surface area contributed by atoms with E-state index in [1.54, 1.807) is 18.2 Å². The summed E-state index contributed by atoms with van der Waals surface area (Å²) in [5, 5.41) is 9.23. The number of amides is 1. The van der Waals surface area contributed by atoms with Crippen molar-refractivity contribution in [3.8, 4) is 0 Å². The molecule has 1 aliphatic heterocycles. The van der Waals surface area contributed by atoms with Gasteiger partial charge in [0, 0.05) is 13.1 Å². The molecule has 1 aliphatic carbocycles. The van der Waals surface area contributed by atoms with Crippen molar-refractivity contribution in [1.29, 1.82) is 0 Å². The van der Waals surface area contributed by atoms with Gasteiger partial charge in [0.2, 0.25) is 0 Å². The molecule has 3 rings (SSSR count). The Balaban J connectivity index is 1.78. The summed E-state index contributed by atoms with van der Waals surface area (Å²) >= 11 is 0. The van der Waals surface area contributed by atoms with Crippen LogP contribution in [0.5, 0.6) is 0 Å². The summed E-state index contributed by atoms with van der Waals surface area (Å²) in [6.45, 7) is 1.55. The van der Waals surface area contributed by atoms with E-state index in [0.717, 1.165) is 25.4 Å². The number of rotatable bonds is 2. The third-order valence-corrected chi connectivity index (χ3v) is 4.97. The van der Waals surface area contributed by atoms with Crippen LogP contribution in [0.25, 0.3) is 0 Å². The van der Waals surface area contributed by atoms with E-state index in [9.17, 15) is 14.7 Å². The Morgan fingerprint density at radius 2 is 1.67 bits per heavy atom. The first-order valence-electron chi connectivity index (χ1n) is 7.78. The van der Waals surface area contributed by atoms with Gasteiger partial charge in [-0.1, -0.05) is 31.4 Å². The zero-order valence-corrected chi connectivity index (χ0v) is 12.1. The van der Waals surface area contributed by atoms with Gasteiger partial charge in [-0.15, -0.1) is 0 Å². The van der Waals surface area contributed by atoms with Crippen molar-refractivity contribution < 1.29 is 14.7 Å². The Labute approximate surface area is 124 Å². The van der Waals surface area contributed by atoms with Gasteiger partial charge in [-0.25, -0.2) is 4.79 Å². The minimum atomic E-state index is -1.04. The highest BCUT2D eigenvalue weighted by Crippen LogP contribution is 2.36. The van der Waals surface area contributed by atoms with Gasteiger partial charge < -0.3 is 10.0 Å². The molecule has 1 N–H and O–H groups in total. The molecule has 2 fully saturated rings. The molecule has 0 unspecified atom stereocenters. The molecular weight excluding hydrogens is 266 g/mol. The van der Waals surface area contributed by atoms with Crippen molar-refractivity contribution in [2.24, 2.45) is 11.8 Å². The molecule has 4 nitrogen and oxygen atoms in total. The summed E-state index contributed by atoms with van der Waals surface area (Å²) < 4.78 is 0. The van der Waals surface area contributed by atoms with Gasteiger partial charge in [-0.3, -0.25) is 4.79 Å². The second-order valence-electron chi connectivity index (χ2n) is 6.20. The standard InChI is InChI=1S/C17H21NO3/c19-16(14-7-3-4-8-15(14)17(20)21)18-10-9-12-5-1-2-6-13(12)11-18/h3-4,7-8,12-13H,1-2,5-6,9-11H2,(H,20,21)/t12-,13+/m1/s1. The summed E-state index contributed by atoms with van der Waals surface area (Å²) in [6, 6.07) is 6.52. The average Bonchev–Trinajstić information content (AvgIpc) is 2.53. The van der Waals surface area contributed by atoms with Crippen LogP contribution >= 0.6 is 0 Å². The molecule has 1 heterocycles. The minimum Gasteiger partial charge on any atom is -0.478 e. The Hall–Kier alpha value is -1.84. The van der Waals surface area contributed by atoms with Crippen molar-refractivity contribution in [1.82, 2.24) is 4.90 Å². The maximum Gasteiger partial charge on any atom is 0.336 e.